The maximum absolute atomic E-state index is 14.9. The van der Waals surface area contributed by atoms with Crippen molar-refractivity contribution in [3.63, 3.8) is 0 Å². The number of carbonyl (C=O) groups excluding carboxylic acids is 1. The lowest BCUT2D eigenvalue weighted by atomic mass is 9.77. The summed E-state index contributed by atoms with van der Waals surface area (Å²) in [6.07, 6.45) is -5.19. The summed E-state index contributed by atoms with van der Waals surface area (Å²) in [6.45, 7) is 18.0. The quantitative estimate of drug-likeness (QED) is 0.142. The third-order valence-corrected chi connectivity index (χ3v) is 18.2. The van der Waals surface area contributed by atoms with Gasteiger partial charge in [-0.3, -0.25) is 4.79 Å². The Balaban J connectivity index is 1.40. The number of rotatable bonds is 19. The summed E-state index contributed by atoms with van der Waals surface area (Å²) in [7, 11) is 4.69. The molecule has 436 valence electrons. The molecule has 0 amide bonds. The zero-order valence-corrected chi connectivity index (χ0v) is 48.5. The molecule has 5 rings (SSSR count). The molecule has 3 fully saturated rings. The van der Waals surface area contributed by atoms with Crippen molar-refractivity contribution in [3.8, 4) is 0 Å². The molecule has 19 atom stereocenters. The molecular formula is C54H92FN5O15S. The molecule has 76 heavy (non-hydrogen) atoms. The normalized spacial score (nSPS) is 37.8. The first-order valence-corrected chi connectivity index (χ1v) is 28.6. The van der Waals surface area contributed by atoms with Crippen LogP contribution in [0.3, 0.4) is 0 Å². The summed E-state index contributed by atoms with van der Waals surface area (Å²) in [5, 5.41) is 56.2. The number of aliphatic hydroxyl groups excluding tert-OH is 2. The van der Waals surface area contributed by atoms with Crippen LogP contribution in [-0.4, -0.2) is 211 Å². The first kappa shape index (κ1) is 64.0. The van der Waals surface area contributed by atoms with Crippen LogP contribution in [0, 0.1) is 17.8 Å². The standard InChI is InChI=1S/C54H92FN5O15S/c1-16-43-54(10,65)48(61)36(6)59(12)30-32(2)27-52(8,64)50(34(4)46(35(5)51(63)73-43)74-45-28-53(9,70-15)49(62)37(7)72-45)75-44-26-40(25-33(3)71-44)58(11)22-21-39-31-60(57-56-39)42(29-55)47(69-14)38-17-19-41(20-18-38)76(66,67)24-23-68-13/h17-20,31-37,40,42-50,61-62,64-65H,16,21-30H2,1-15H3/t32-,33-,34+,35-,36-,37+,40+,42-,43-,44+,45+,46+,47-,48-,49+,50-,52-,53-,54-/m1/s1. The molecule has 1 aromatic carbocycles. The Morgan fingerprint density at radius 3 is 2.22 bits per heavy atom. The van der Waals surface area contributed by atoms with Crippen molar-refractivity contribution in [2.45, 2.75) is 209 Å². The number of carbonyl (C=O) groups is 1. The number of nitrogens with zero attached hydrogens (tertiary/aromatic N) is 5. The van der Waals surface area contributed by atoms with Crippen LogP contribution < -0.4 is 0 Å². The third kappa shape index (κ3) is 15.3. The fourth-order valence-corrected chi connectivity index (χ4v) is 12.8. The maximum Gasteiger partial charge on any atom is 0.311 e. The summed E-state index contributed by atoms with van der Waals surface area (Å²) in [5.41, 5.74) is -3.25. The number of cyclic esters (lactones) is 1. The molecule has 0 radical (unpaired) electrons. The number of methoxy groups -OCH3 is 3. The van der Waals surface area contributed by atoms with Crippen molar-refractivity contribution in [1.82, 2.24) is 24.8 Å². The second-order valence-corrected chi connectivity index (χ2v) is 24.9. The molecule has 0 aliphatic carbocycles. The number of ether oxygens (including phenoxy) is 8. The number of halogens is 1. The van der Waals surface area contributed by atoms with E-state index >= 15 is 0 Å². The molecule has 22 heteroatoms. The summed E-state index contributed by atoms with van der Waals surface area (Å²) in [6, 6.07) is 4.68. The van der Waals surface area contributed by atoms with Gasteiger partial charge in [0.15, 0.2) is 22.4 Å². The lowest BCUT2D eigenvalue weighted by Crippen LogP contribution is -2.59. The van der Waals surface area contributed by atoms with E-state index in [2.05, 4.69) is 15.2 Å². The highest BCUT2D eigenvalue weighted by molar-refractivity contribution is 7.91. The van der Waals surface area contributed by atoms with Crippen LogP contribution in [0.5, 0.6) is 0 Å². The summed E-state index contributed by atoms with van der Waals surface area (Å²) >= 11 is 0. The van der Waals surface area contributed by atoms with Crippen molar-refractivity contribution in [2.75, 3.05) is 67.5 Å². The molecule has 3 aliphatic heterocycles. The van der Waals surface area contributed by atoms with Crippen molar-refractivity contribution in [2.24, 2.45) is 17.8 Å². The van der Waals surface area contributed by atoms with E-state index in [-0.39, 0.29) is 54.6 Å². The van der Waals surface area contributed by atoms with Gasteiger partial charge in [-0.25, -0.2) is 17.5 Å². The van der Waals surface area contributed by atoms with Gasteiger partial charge in [0.25, 0.3) is 0 Å². The highest BCUT2D eigenvalue weighted by Gasteiger charge is 2.52. The van der Waals surface area contributed by atoms with E-state index in [0.29, 0.717) is 43.6 Å². The van der Waals surface area contributed by atoms with E-state index in [1.54, 1.807) is 59.9 Å². The molecule has 2 aromatic rings. The third-order valence-electron chi connectivity index (χ3n) is 16.5. The highest BCUT2D eigenvalue weighted by atomic mass is 32.2. The number of hydrogen-bond acceptors (Lipinski definition) is 19. The summed E-state index contributed by atoms with van der Waals surface area (Å²) in [5.74, 6) is -2.81. The molecule has 0 unspecified atom stereocenters. The average molecular weight is 1100 g/mol. The topological polar surface area (TPSA) is 243 Å². The molecule has 1 aromatic heterocycles. The Labute approximate surface area is 451 Å². The first-order valence-electron chi connectivity index (χ1n) is 27.0. The Kier molecular flexibility index (Phi) is 22.8. The van der Waals surface area contributed by atoms with Gasteiger partial charge >= 0.3 is 5.97 Å². The van der Waals surface area contributed by atoms with Gasteiger partial charge in [-0.1, -0.05) is 38.1 Å². The minimum Gasteiger partial charge on any atom is -0.459 e. The van der Waals surface area contributed by atoms with Crippen LogP contribution in [-0.2, 0) is 58.9 Å². The molecule has 0 saturated carbocycles. The van der Waals surface area contributed by atoms with Crippen LogP contribution >= 0.6 is 0 Å². The van der Waals surface area contributed by atoms with Crippen molar-refractivity contribution < 1.29 is 75.9 Å². The largest absolute Gasteiger partial charge is 0.459 e. The van der Waals surface area contributed by atoms with Gasteiger partial charge in [0.2, 0.25) is 0 Å². The molecule has 3 saturated heterocycles. The van der Waals surface area contributed by atoms with Gasteiger partial charge in [-0.05, 0) is 105 Å². The molecule has 20 nitrogen and oxygen atoms in total. The first-order chi connectivity index (χ1) is 35.6. The van der Waals surface area contributed by atoms with Gasteiger partial charge in [-0.2, -0.15) is 0 Å². The van der Waals surface area contributed by atoms with Gasteiger partial charge in [0.1, 0.15) is 42.7 Å². The Bertz CT molecular complexity index is 2230. The number of likely N-dealkylation sites (N-methyl/N-ethyl adjacent to an activating group) is 2. The van der Waals surface area contributed by atoms with Crippen molar-refractivity contribution in [3.05, 3.63) is 41.7 Å². The van der Waals surface area contributed by atoms with Crippen molar-refractivity contribution in [1.29, 1.82) is 0 Å². The van der Waals surface area contributed by atoms with Crippen molar-refractivity contribution >= 4 is 15.8 Å². The Morgan fingerprint density at radius 2 is 1.62 bits per heavy atom. The number of esters is 1. The molecule has 3 aliphatic rings. The van der Waals surface area contributed by atoms with E-state index in [9.17, 15) is 38.0 Å². The minimum absolute atomic E-state index is 0.0560. The van der Waals surface area contributed by atoms with E-state index < -0.39 is 119 Å². The molecule has 4 N–H and O–H groups in total. The summed E-state index contributed by atoms with van der Waals surface area (Å²) < 4.78 is 91.1. The van der Waals surface area contributed by atoms with Crippen LogP contribution in [0.25, 0.3) is 0 Å². The predicted octanol–water partition coefficient (Wildman–Crippen LogP) is 4.45. The van der Waals surface area contributed by atoms with Crippen LogP contribution in [0.2, 0.25) is 0 Å². The van der Waals surface area contributed by atoms with Gasteiger partial charge in [0, 0.05) is 77.9 Å². The summed E-state index contributed by atoms with van der Waals surface area (Å²) in [4.78, 5) is 18.8. The van der Waals surface area contributed by atoms with E-state index in [4.69, 9.17) is 37.9 Å². The number of sulfone groups is 1. The number of benzene rings is 1. The van der Waals surface area contributed by atoms with Gasteiger partial charge < -0.3 is 68.1 Å². The number of alkyl halides is 1. The average Bonchev–Trinajstić information content (AvgIpc) is 3.85. The second-order valence-electron chi connectivity index (χ2n) is 22.8. The fourth-order valence-electron chi connectivity index (χ4n) is 11.7. The molecular weight excluding hydrogens is 1010 g/mol. The zero-order chi connectivity index (χ0) is 56.7. The fraction of sp³-hybridized carbons (Fsp3) is 0.833. The monoisotopic (exact) mass is 1100 g/mol. The lowest BCUT2D eigenvalue weighted by molar-refractivity contribution is -0.308. The van der Waals surface area contributed by atoms with Crippen LogP contribution in [0.1, 0.15) is 125 Å². The number of aliphatic hydroxyl groups is 4. The Hall–Kier alpha value is -2.81. The molecule has 0 bridgehead atoms. The zero-order valence-electron chi connectivity index (χ0n) is 47.7. The van der Waals surface area contributed by atoms with E-state index in [0.717, 1.165) is 0 Å². The van der Waals surface area contributed by atoms with Crippen LogP contribution in [0.15, 0.2) is 35.4 Å². The second kappa shape index (κ2) is 27.1. The minimum atomic E-state index is -3.57. The van der Waals surface area contributed by atoms with Crippen LogP contribution in [0.4, 0.5) is 4.39 Å². The maximum atomic E-state index is 14.9. The van der Waals surface area contributed by atoms with Gasteiger partial charge in [-0.15, -0.1) is 5.10 Å². The van der Waals surface area contributed by atoms with Gasteiger partial charge in [0.05, 0.1) is 64.5 Å². The molecule has 4 heterocycles. The molecule has 0 spiro atoms. The predicted molar refractivity (Wildman–Crippen MR) is 281 cm³/mol. The highest BCUT2D eigenvalue weighted by Crippen LogP contribution is 2.41. The van der Waals surface area contributed by atoms with E-state index in [1.807, 2.05) is 39.8 Å². The number of aromatic nitrogens is 3. The smallest absolute Gasteiger partial charge is 0.311 e. The number of hydrogen-bond donors (Lipinski definition) is 4. The lowest BCUT2D eigenvalue weighted by Gasteiger charge is -2.48. The van der Waals surface area contributed by atoms with E-state index in [1.165, 1.54) is 45.1 Å². The Morgan fingerprint density at radius 1 is 0.947 bits per heavy atom. The SMILES string of the molecule is CC[C@H]1OC(=O)[C@H](C)[C@@H](O[C@H]2C[C@@](C)(OC)[C@@H](O)[C@H](C)O2)[C@H](C)[C@@H](O[C@H]2C[C@@H](N(C)CCc3cn([C@H](CF)[C@H](OC)c4ccc(S(=O)(=O)CCOC)cc4)nn3)C[C@@H](C)O2)[C@](C)(O)C[C@@H](C)CN(C)[C@H](C)[C@@H](O)[C@]1(C)O.